The summed E-state index contributed by atoms with van der Waals surface area (Å²) < 4.78 is 20.6. The average molecular weight is 748 g/mol. The third kappa shape index (κ3) is 14.3. The van der Waals surface area contributed by atoms with Crippen molar-refractivity contribution in [2.24, 2.45) is 17.1 Å². The molecule has 1 aromatic heterocycles. The Labute approximate surface area is 311 Å². The Morgan fingerprint density at radius 3 is 2.35 bits per heavy atom. The predicted octanol–water partition coefficient (Wildman–Crippen LogP) is 6.64. The van der Waals surface area contributed by atoms with Crippen LogP contribution in [0.4, 0.5) is 10.1 Å². The molecule has 1 aromatic carbocycles. The largest absolute Gasteiger partial charge is 0.481 e. The van der Waals surface area contributed by atoms with E-state index in [1.807, 2.05) is 25.7 Å². The third-order valence-electron chi connectivity index (χ3n) is 8.93. The van der Waals surface area contributed by atoms with Gasteiger partial charge in [-0.2, -0.15) is 0 Å². The first-order chi connectivity index (χ1) is 24.5. The fourth-order valence-electron chi connectivity index (χ4n) is 5.98. The molecular formula is C38H58FN5O7S. The highest BCUT2D eigenvalue weighted by Gasteiger charge is 2.34. The third-order valence-corrected chi connectivity index (χ3v) is 9.86. The predicted molar refractivity (Wildman–Crippen MR) is 200 cm³/mol. The van der Waals surface area contributed by atoms with Crippen LogP contribution in [0.25, 0.3) is 0 Å². The molecule has 2 rings (SSSR count). The van der Waals surface area contributed by atoms with Gasteiger partial charge in [-0.15, -0.1) is 11.3 Å². The molecule has 290 valence electrons. The fourth-order valence-corrected chi connectivity index (χ4v) is 6.82. The first kappa shape index (κ1) is 44.3. The van der Waals surface area contributed by atoms with E-state index in [2.05, 4.69) is 22.5 Å². The number of esters is 1. The van der Waals surface area contributed by atoms with Crippen LogP contribution in [0.1, 0.15) is 133 Å². The minimum absolute atomic E-state index is 0.0185. The topological polar surface area (TPSA) is 181 Å². The van der Waals surface area contributed by atoms with Crippen molar-refractivity contribution in [2.45, 2.75) is 131 Å². The number of hydrogen-bond donors (Lipinski definition) is 4. The number of amides is 3. The van der Waals surface area contributed by atoms with Crippen molar-refractivity contribution in [3.63, 3.8) is 0 Å². The van der Waals surface area contributed by atoms with Crippen LogP contribution in [0.2, 0.25) is 0 Å². The second-order valence-electron chi connectivity index (χ2n) is 14.3. The number of nitrogens with one attached hydrogen (secondary N) is 2. The molecule has 0 aliphatic rings. The quantitative estimate of drug-likeness (QED) is 0.0716. The number of aliphatic carboxylic acids is 1. The second-order valence-corrected chi connectivity index (χ2v) is 15.2. The molecule has 3 amide bonds. The average Bonchev–Trinajstić information content (AvgIpc) is 3.57. The lowest BCUT2D eigenvalue weighted by atomic mass is 9.84. The van der Waals surface area contributed by atoms with Crippen LogP contribution in [0.3, 0.4) is 0 Å². The normalized spacial score (nSPS) is 13.3. The Bertz CT molecular complexity index is 1500. The molecule has 3 atom stereocenters. The van der Waals surface area contributed by atoms with Crippen LogP contribution in [0.5, 0.6) is 0 Å². The van der Waals surface area contributed by atoms with Crippen LogP contribution in [-0.4, -0.2) is 69.8 Å². The molecule has 2 aromatic rings. The summed E-state index contributed by atoms with van der Waals surface area (Å²) >= 11 is 1.16. The van der Waals surface area contributed by atoms with E-state index in [0.29, 0.717) is 30.0 Å². The van der Waals surface area contributed by atoms with E-state index >= 15 is 0 Å². The molecule has 52 heavy (non-hydrogen) atoms. The van der Waals surface area contributed by atoms with Gasteiger partial charge < -0.3 is 31.1 Å². The highest BCUT2D eigenvalue weighted by Crippen LogP contribution is 2.32. The van der Waals surface area contributed by atoms with Crippen molar-refractivity contribution in [1.82, 2.24) is 15.2 Å². The summed E-state index contributed by atoms with van der Waals surface area (Å²) in [5.74, 6) is -3.29. The molecule has 0 saturated carbocycles. The second kappa shape index (κ2) is 21.6. The van der Waals surface area contributed by atoms with Gasteiger partial charge in [0.05, 0.1) is 17.6 Å². The van der Waals surface area contributed by atoms with Gasteiger partial charge in [0.15, 0.2) is 6.10 Å². The number of unbranched alkanes of at least 4 members (excludes halogenated alkanes) is 4. The SMILES string of the molecule is CCCCCCN(C(=O)CCCC)C(CC(OC(C)=O)c1nc(C(=O)NC(Cc2ccc(NC(=O)CN)c(F)c2)CC(C)(C)C(=O)O)cs1)C(C)C. The maximum absolute atomic E-state index is 14.8. The van der Waals surface area contributed by atoms with Gasteiger partial charge in [0.2, 0.25) is 11.8 Å². The zero-order valence-corrected chi connectivity index (χ0v) is 32.6. The molecule has 0 spiro atoms. The fraction of sp³-hybridized carbons (Fsp3) is 0.632. The molecule has 0 saturated heterocycles. The summed E-state index contributed by atoms with van der Waals surface area (Å²) in [6.07, 6.45) is 5.76. The molecule has 14 heteroatoms. The highest BCUT2D eigenvalue weighted by atomic mass is 32.1. The van der Waals surface area contributed by atoms with E-state index in [0.717, 1.165) is 49.9 Å². The molecule has 0 radical (unpaired) electrons. The molecular weight excluding hydrogens is 690 g/mol. The van der Waals surface area contributed by atoms with E-state index in [9.17, 15) is 33.5 Å². The summed E-state index contributed by atoms with van der Waals surface area (Å²) in [6, 6.07) is 3.20. The number of aromatic nitrogens is 1. The zero-order chi connectivity index (χ0) is 39.0. The first-order valence-electron chi connectivity index (χ1n) is 18.3. The molecule has 0 bridgehead atoms. The summed E-state index contributed by atoms with van der Waals surface area (Å²) in [5, 5.41) is 17.0. The van der Waals surface area contributed by atoms with E-state index < -0.39 is 47.1 Å². The van der Waals surface area contributed by atoms with Gasteiger partial charge in [-0.05, 0) is 63.1 Å². The van der Waals surface area contributed by atoms with E-state index in [1.54, 1.807) is 11.4 Å². The van der Waals surface area contributed by atoms with Gasteiger partial charge in [0, 0.05) is 43.8 Å². The molecule has 0 fully saturated rings. The Kier molecular flexibility index (Phi) is 18.4. The van der Waals surface area contributed by atoms with Gasteiger partial charge in [-0.3, -0.25) is 24.0 Å². The number of nitrogens with two attached hydrogens (primary N) is 1. The van der Waals surface area contributed by atoms with E-state index in [1.165, 1.54) is 32.9 Å². The van der Waals surface area contributed by atoms with Crippen molar-refractivity contribution in [3.05, 3.63) is 45.7 Å². The van der Waals surface area contributed by atoms with Crippen molar-refractivity contribution < 1.29 is 38.2 Å². The van der Waals surface area contributed by atoms with Crippen LogP contribution < -0.4 is 16.4 Å². The number of ether oxygens (including phenoxy) is 1. The first-order valence-corrected chi connectivity index (χ1v) is 19.1. The molecule has 5 N–H and O–H groups in total. The van der Waals surface area contributed by atoms with E-state index in [4.69, 9.17) is 10.5 Å². The van der Waals surface area contributed by atoms with Crippen LogP contribution >= 0.6 is 11.3 Å². The maximum Gasteiger partial charge on any atom is 0.309 e. The molecule has 3 unspecified atom stereocenters. The number of benzene rings is 1. The lowest BCUT2D eigenvalue weighted by molar-refractivity contribution is -0.149. The standard InChI is InChI=1S/C38H58FN5O7S/c1-8-10-12-13-17-44(34(47)14-11-9-2)31(24(3)4)20-32(51-25(5)45)36-43-30(23-52-36)35(48)41-27(21-38(6,7)37(49)50)18-26-15-16-29(28(39)19-26)42-33(46)22-40/h15-16,19,23-24,27,31-32H,8-14,17-18,20-22,40H2,1-7H3,(H,41,48)(H,42,46)(H,49,50). The minimum atomic E-state index is -1.23. The van der Waals surface area contributed by atoms with Crippen molar-refractivity contribution in [2.75, 3.05) is 18.4 Å². The Hall–Kier alpha value is -3.91. The molecule has 1 heterocycles. The Morgan fingerprint density at radius 2 is 1.77 bits per heavy atom. The zero-order valence-electron chi connectivity index (χ0n) is 31.8. The molecule has 0 aliphatic heterocycles. The highest BCUT2D eigenvalue weighted by molar-refractivity contribution is 7.09. The Balaban J connectivity index is 2.37. The number of carboxylic acids is 1. The van der Waals surface area contributed by atoms with Gasteiger partial charge in [0.25, 0.3) is 5.91 Å². The lowest BCUT2D eigenvalue weighted by Gasteiger charge is -2.36. The van der Waals surface area contributed by atoms with Crippen LogP contribution in [-0.2, 0) is 30.3 Å². The summed E-state index contributed by atoms with van der Waals surface area (Å²) in [7, 11) is 0. The summed E-state index contributed by atoms with van der Waals surface area (Å²) in [5.41, 5.74) is 4.55. The number of carbonyl (C=O) groups excluding carboxylic acids is 4. The monoisotopic (exact) mass is 747 g/mol. The number of anilines is 1. The smallest absolute Gasteiger partial charge is 0.309 e. The van der Waals surface area contributed by atoms with Crippen molar-refractivity contribution in [3.8, 4) is 0 Å². The summed E-state index contributed by atoms with van der Waals surface area (Å²) in [4.78, 5) is 69.6. The minimum Gasteiger partial charge on any atom is -0.481 e. The van der Waals surface area contributed by atoms with Crippen LogP contribution in [0, 0.1) is 17.2 Å². The molecule has 12 nitrogen and oxygen atoms in total. The van der Waals surface area contributed by atoms with Crippen molar-refractivity contribution in [1.29, 1.82) is 0 Å². The summed E-state index contributed by atoms with van der Waals surface area (Å²) in [6.45, 7) is 12.9. The van der Waals surface area contributed by atoms with Gasteiger partial charge in [-0.1, -0.05) is 59.4 Å². The van der Waals surface area contributed by atoms with Gasteiger partial charge in [0.1, 0.15) is 16.5 Å². The maximum atomic E-state index is 14.8. The number of thiazole rings is 1. The number of rotatable bonds is 23. The molecule has 0 aliphatic carbocycles. The Morgan fingerprint density at radius 1 is 1.08 bits per heavy atom. The van der Waals surface area contributed by atoms with Gasteiger partial charge in [-0.25, -0.2) is 9.37 Å². The number of halogens is 1. The lowest BCUT2D eigenvalue weighted by Crippen LogP contribution is -2.45. The van der Waals surface area contributed by atoms with Crippen molar-refractivity contribution >= 4 is 46.7 Å². The van der Waals surface area contributed by atoms with Gasteiger partial charge >= 0.3 is 11.9 Å². The van der Waals surface area contributed by atoms with Crippen LogP contribution in [0.15, 0.2) is 23.6 Å². The number of carboxylic acid groups (broad SMARTS) is 1. The van der Waals surface area contributed by atoms with E-state index in [-0.39, 0.29) is 48.6 Å². The number of hydrogen-bond acceptors (Lipinski definition) is 9. The number of nitrogens with zero attached hydrogens (tertiary/aromatic N) is 2. The number of carbonyl (C=O) groups is 5.